The molecule has 0 saturated carbocycles. The van der Waals surface area contributed by atoms with E-state index in [-0.39, 0.29) is 0 Å². The van der Waals surface area contributed by atoms with Crippen LogP contribution in [0.15, 0.2) is 17.1 Å². The molecule has 0 saturated heterocycles. The quantitative estimate of drug-likeness (QED) is 0.851. The van der Waals surface area contributed by atoms with Gasteiger partial charge in [0.05, 0.1) is 10.9 Å². The van der Waals surface area contributed by atoms with Crippen molar-refractivity contribution in [2.45, 2.75) is 19.4 Å². The van der Waals surface area contributed by atoms with E-state index in [2.05, 4.69) is 28.6 Å². The van der Waals surface area contributed by atoms with Crippen LogP contribution >= 0.6 is 22.9 Å². The first-order valence-corrected chi connectivity index (χ1v) is 6.22. The molecule has 82 valence electrons. The van der Waals surface area contributed by atoms with Gasteiger partial charge >= 0.3 is 0 Å². The van der Waals surface area contributed by atoms with Gasteiger partial charge in [0.25, 0.3) is 0 Å². The first-order valence-electron chi connectivity index (χ1n) is 5.03. The second-order valence-electron chi connectivity index (χ2n) is 3.62. The second-order valence-corrected chi connectivity index (χ2v) is 5.42. The molecule has 1 aromatic heterocycles. The van der Waals surface area contributed by atoms with E-state index in [0.29, 0.717) is 6.04 Å². The summed E-state index contributed by atoms with van der Waals surface area (Å²) in [6.07, 6.45) is 0.993. The van der Waals surface area contributed by atoms with E-state index in [1.54, 1.807) is 11.3 Å². The van der Waals surface area contributed by atoms with Crippen LogP contribution in [-0.2, 0) is 6.42 Å². The molecule has 0 spiro atoms. The summed E-state index contributed by atoms with van der Waals surface area (Å²) in [5.74, 6) is 0.921. The fourth-order valence-corrected chi connectivity index (χ4v) is 2.54. The highest BCUT2D eigenvalue weighted by Gasteiger charge is 2.11. The average Bonchev–Trinajstić information content (AvgIpc) is 2.76. The predicted octanol–water partition coefficient (Wildman–Crippen LogP) is 1.88. The summed E-state index contributed by atoms with van der Waals surface area (Å²) in [6, 6.07) is 4.47. The minimum atomic E-state index is 0.462. The number of rotatable bonds is 3. The van der Waals surface area contributed by atoms with Crippen LogP contribution in [0.3, 0.4) is 0 Å². The fourth-order valence-electron chi connectivity index (χ4n) is 1.45. The zero-order valence-electron chi connectivity index (χ0n) is 8.59. The molecule has 0 aliphatic carbocycles. The molecule has 5 heteroatoms. The molecule has 1 aliphatic heterocycles. The summed E-state index contributed by atoms with van der Waals surface area (Å²) < 4.78 is 0.856. The topological polar surface area (TPSA) is 36.4 Å². The van der Waals surface area contributed by atoms with E-state index in [4.69, 9.17) is 11.6 Å². The smallest absolute Gasteiger partial charge is 0.191 e. The van der Waals surface area contributed by atoms with E-state index in [9.17, 15) is 0 Å². The van der Waals surface area contributed by atoms with Gasteiger partial charge in [-0.15, -0.1) is 11.3 Å². The number of hydrogen-bond donors (Lipinski definition) is 2. The van der Waals surface area contributed by atoms with Gasteiger partial charge in [-0.3, -0.25) is 4.99 Å². The molecular weight excluding hydrogens is 230 g/mol. The Kier molecular flexibility index (Phi) is 3.49. The lowest BCUT2D eigenvalue weighted by molar-refractivity contribution is 0.713. The first-order chi connectivity index (χ1) is 7.24. The van der Waals surface area contributed by atoms with Gasteiger partial charge in [-0.1, -0.05) is 11.6 Å². The summed E-state index contributed by atoms with van der Waals surface area (Å²) in [7, 11) is 0. The number of aliphatic imine (C=N–C) groups is 1. The van der Waals surface area contributed by atoms with Crippen molar-refractivity contribution in [2.24, 2.45) is 4.99 Å². The Morgan fingerprint density at radius 3 is 3.13 bits per heavy atom. The second kappa shape index (κ2) is 4.86. The largest absolute Gasteiger partial charge is 0.356 e. The Morgan fingerprint density at radius 1 is 1.67 bits per heavy atom. The number of hydrogen-bond acceptors (Lipinski definition) is 4. The molecule has 1 aliphatic rings. The SMILES string of the molecule is CC1CN=C(NCCc2ccc(Cl)s2)N1. The third-order valence-corrected chi connectivity index (χ3v) is 3.49. The maximum absolute atomic E-state index is 5.85. The van der Waals surface area contributed by atoms with E-state index in [1.807, 2.05) is 6.07 Å². The van der Waals surface area contributed by atoms with Gasteiger partial charge in [-0.2, -0.15) is 0 Å². The number of guanidine groups is 1. The molecule has 3 nitrogen and oxygen atoms in total. The van der Waals surface area contributed by atoms with Crippen LogP contribution in [0.2, 0.25) is 4.34 Å². The molecule has 0 fully saturated rings. The Hall–Kier alpha value is -0.740. The Balaban J connectivity index is 1.71. The van der Waals surface area contributed by atoms with Crippen LogP contribution in [0, 0.1) is 0 Å². The lowest BCUT2D eigenvalue weighted by Gasteiger charge is -2.07. The van der Waals surface area contributed by atoms with Gasteiger partial charge < -0.3 is 10.6 Å². The zero-order valence-corrected chi connectivity index (χ0v) is 10.2. The summed E-state index contributed by atoms with van der Waals surface area (Å²) in [6.45, 7) is 3.89. The van der Waals surface area contributed by atoms with E-state index < -0.39 is 0 Å². The molecule has 1 unspecified atom stereocenters. The number of nitrogens with zero attached hydrogens (tertiary/aromatic N) is 1. The summed E-state index contributed by atoms with van der Waals surface area (Å²) >= 11 is 7.48. The van der Waals surface area contributed by atoms with Crippen molar-refractivity contribution in [1.29, 1.82) is 0 Å². The zero-order chi connectivity index (χ0) is 10.7. The summed E-state index contributed by atoms with van der Waals surface area (Å²) in [4.78, 5) is 5.63. The van der Waals surface area contributed by atoms with Crippen LogP contribution < -0.4 is 10.6 Å². The highest BCUT2D eigenvalue weighted by molar-refractivity contribution is 7.16. The lowest BCUT2D eigenvalue weighted by Crippen LogP contribution is -2.38. The monoisotopic (exact) mass is 243 g/mol. The fraction of sp³-hybridized carbons (Fsp3) is 0.500. The summed E-state index contributed by atoms with van der Waals surface area (Å²) in [5.41, 5.74) is 0. The van der Waals surface area contributed by atoms with Crippen LogP contribution in [0.4, 0.5) is 0 Å². The molecule has 0 bridgehead atoms. The van der Waals surface area contributed by atoms with Gasteiger partial charge in [0.2, 0.25) is 0 Å². The van der Waals surface area contributed by atoms with Crippen LogP contribution in [0.5, 0.6) is 0 Å². The molecule has 1 atom stereocenters. The highest BCUT2D eigenvalue weighted by atomic mass is 35.5. The van der Waals surface area contributed by atoms with Crippen LogP contribution in [-0.4, -0.2) is 25.1 Å². The highest BCUT2D eigenvalue weighted by Crippen LogP contribution is 2.21. The van der Waals surface area contributed by atoms with Gasteiger partial charge in [-0.05, 0) is 25.5 Å². The third kappa shape index (κ3) is 3.11. The molecule has 1 aromatic rings. The maximum atomic E-state index is 5.85. The van der Waals surface area contributed by atoms with E-state index >= 15 is 0 Å². The predicted molar refractivity (Wildman–Crippen MR) is 65.9 cm³/mol. The van der Waals surface area contributed by atoms with Gasteiger partial charge in [0.1, 0.15) is 0 Å². The van der Waals surface area contributed by atoms with Crippen molar-refractivity contribution in [3.8, 4) is 0 Å². The van der Waals surface area contributed by atoms with Crippen molar-refractivity contribution in [3.05, 3.63) is 21.3 Å². The Labute approximate surface area is 98.6 Å². The van der Waals surface area contributed by atoms with E-state index in [1.165, 1.54) is 4.88 Å². The molecule has 2 rings (SSSR count). The minimum Gasteiger partial charge on any atom is -0.356 e. The number of nitrogens with one attached hydrogen (secondary N) is 2. The van der Waals surface area contributed by atoms with Crippen molar-refractivity contribution in [1.82, 2.24) is 10.6 Å². The van der Waals surface area contributed by atoms with Gasteiger partial charge in [-0.25, -0.2) is 0 Å². The molecule has 0 radical (unpaired) electrons. The molecular formula is C10H14ClN3S. The molecule has 0 aromatic carbocycles. The molecule has 15 heavy (non-hydrogen) atoms. The van der Waals surface area contributed by atoms with Crippen molar-refractivity contribution in [3.63, 3.8) is 0 Å². The molecule has 0 amide bonds. The number of thiophene rings is 1. The molecule has 2 heterocycles. The Bertz CT molecular complexity index is 361. The average molecular weight is 244 g/mol. The van der Waals surface area contributed by atoms with Crippen molar-refractivity contribution < 1.29 is 0 Å². The third-order valence-electron chi connectivity index (χ3n) is 2.20. The van der Waals surface area contributed by atoms with Crippen LogP contribution in [0.25, 0.3) is 0 Å². The Morgan fingerprint density at radius 2 is 2.53 bits per heavy atom. The van der Waals surface area contributed by atoms with Gasteiger partial charge in [0, 0.05) is 17.5 Å². The summed E-state index contributed by atoms with van der Waals surface area (Å²) in [5, 5.41) is 6.53. The van der Waals surface area contributed by atoms with Crippen molar-refractivity contribution in [2.75, 3.05) is 13.1 Å². The normalized spacial score (nSPS) is 19.9. The minimum absolute atomic E-state index is 0.462. The first kappa shape index (κ1) is 10.8. The van der Waals surface area contributed by atoms with Crippen LogP contribution in [0.1, 0.15) is 11.8 Å². The lowest BCUT2D eigenvalue weighted by atomic mass is 10.3. The number of halogens is 1. The van der Waals surface area contributed by atoms with Gasteiger partial charge in [0.15, 0.2) is 5.96 Å². The maximum Gasteiger partial charge on any atom is 0.191 e. The standard InChI is InChI=1S/C10H14ClN3S/c1-7-6-13-10(14-7)12-5-4-8-2-3-9(11)15-8/h2-3,7H,4-6H2,1H3,(H2,12,13,14). The van der Waals surface area contributed by atoms with Crippen molar-refractivity contribution >= 4 is 28.9 Å². The van der Waals surface area contributed by atoms with E-state index in [0.717, 1.165) is 29.8 Å². The molecule has 2 N–H and O–H groups in total.